The van der Waals surface area contributed by atoms with E-state index in [-0.39, 0.29) is 11.1 Å². The van der Waals surface area contributed by atoms with Crippen molar-refractivity contribution in [3.63, 3.8) is 0 Å². The molecule has 0 unspecified atom stereocenters. The third-order valence-corrected chi connectivity index (χ3v) is 3.81. The monoisotopic (exact) mass is 297 g/mol. The van der Waals surface area contributed by atoms with Gasteiger partial charge in [0, 0.05) is 7.05 Å². The summed E-state index contributed by atoms with van der Waals surface area (Å²) >= 11 is 0. The summed E-state index contributed by atoms with van der Waals surface area (Å²) in [5, 5.41) is 2.31. The number of methoxy groups -OCH3 is 2. The normalized spacial score (nSPS) is 10.9. The highest BCUT2D eigenvalue weighted by atomic mass is 16.5. The Balaban J connectivity index is 2.66. The summed E-state index contributed by atoms with van der Waals surface area (Å²) in [5.74, 6) is 1.15. The van der Waals surface area contributed by atoms with Gasteiger partial charge in [-0.2, -0.15) is 0 Å². The van der Waals surface area contributed by atoms with Gasteiger partial charge in [0.1, 0.15) is 11.5 Å². The highest BCUT2D eigenvalue weighted by Gasteiger charge is 2.10. The zero-order chi connectivity index (χ0) is 15.9. The average Bonchev–Trinajstić information content (AvgIpc) is 2.64. The van der Waals surface area contributed by atoms with E-state index in [4.69, 9.17) is 9.47 Å². The SMILES string of the molecule is COc1ccc2c(c1)c(=O)n(C)c(=O)c1cc(OC)ccc12. The number of rotatable bonds is 2. The molecule has 5 heteroatoms. The van der Waals surface area contributed by atoms with E-state index in [0.717, 1.165) is 4.57 Å². The van der Waals surface area contributed by atoms with Crippen LogP contribution in [0.1, 0.15) is 0 Å². The van der Waals surface area contributed by atoms with Crippen molar-refractivity contribution in [2.24, 2.45) is 7.05 Å². The Bertz CT molecular complexity index is 925. The Hall–Kier alpha value is -2.82. The average molecular weight is 297 g/mol. The molecule has 0 aliphatic carbocycles. The summed E-state index contributed by atoms with van der Waals surface area (Å²) in [7, 11) is 4.55. The second-order valence-corrected chi connectivity index (χ2v) is 4.99. The van der Waals surface area contributed by atoms with Crippen LogP contribution in [0.25, 0.3) is 21.5 Å². The molecule has 5 nitrogen and oxygen atoms in total. The first-order valence-corrected chi connectivity index (χ1v) is 6.75. The lowest BCUT2D eigenvalue weighted by atomic mass is 10.1. The fourth-order valence-electron chi connectivity index (χ4n) is 2.58. The largest absolute Gasteiger partial charge is 0.497 e. The fraction of sp³-hybridized carbons (Fsp3) is 0.176. The van der Waals surface area contributed by atoms with Crippen molar-refractivity contribution in [2.45, 2.75) is 0 Å². The van der Waals surface area contributed by atoms with E-state index in [1.807, 2.05) is 0 Å². The third-order valence-electron chi connectivity index (χ3n) is 3.81. The van der Waals surface area contributed by atoms with Crippen molar-refractivity contribution in [1.29, 1.82) is 0 Å². The lowest BCUT2D eigenvalue weighted by Crippen LogP contribution is -2.26. The van der Waals surface area contributed by atoms with E-state index in [9.17, 15) is 9.59 Å². The molecule has 2 aromatic carbocycles. The lowest BCUT2D eigenvalue weighted by molar-refractivity contribution is 0.415. The maximum absolute atomic E-state index is 12.6. The molecule has 22 heavy (non-hydrogen) atoms. The van der Waals surface area contributed by atoms with Gasteiger partial charge in [0.05, 0.1) is 25.0 Å². The molecule has 1 aromatic heterocycles. The summed E-state index contributed by atoms with van der Waals surface area (Å²) in [6, 6.07) is 10.4. The maximum Gasteiger partial charge on any atom is 0.261 e. The molecule has 0 fully saturated rings. The minimum Gasteiger partial charge on any atom is -0.497 e. The van der Waals surface area contributed by atoms with Crippen molar-refractivity contribution in [2.75, 3.05) is 14.2 Å². The second-order valence-electron chi connectivity index (χ2n) is 4.99. The van der Waals surface area contributed by atoms with Crippen LogP contribution in [0.2, 0.25) is 0 Å². The van der Waals surface area contributed by atoms with Crippen LogP contribution < -0.4 is 20.6 Å². The number of nitrogens with zero attached hydrogens (tertiary/aromatic N) is 1. The van der Waals surface area contributed by atoms with Gasteiger partial charge in [-0.1, -0.05) is 0 Å². The first-order valence-electron chi connectivity index (χ1n) is 6.75. The Kier molecular flexibility index (Phi) is 3.33. The van der Waals surface area contributed by atoms with Gasteiger partial charge in [0.2, 0.25) is 0 Å². The molecular weight excluding hydrogens is 282 g/mol. The van der Waals surface area contributed by atoms with Crippen LogP contribution in [-0.4, -0.2) is 18.8 Å². The van der Waals surface area contributed by atoms with Crippen molar-refractivity contribution >= 4 is 21.5 Å². The molecule has 3 aromatic rings. The predicted molar refractivity (Wildman–Crippen MR) is 86.1 cm³/mol. The molecule has 0 spiro atoms. The molecule has 1 heterocycles. The van der Waals surface area contributed by atoms with Crippen LogP contribution >= 0.6 is 0 Å². The van der Waals surface area contributed by atoms with Crippen molar-refractivity contribution < 1.29 is 9.47 Å². The standard InChI is InChI=1S/C17H15NO4/c1-18-16(19)14-8-10(21-2)4-6-12(14)13-7-5-11(22-3)9-15(13)17(18)20/h4-9H,1-3H3. The van der Waals surface area contributed by atoms with Crippen molar-refractivity contribution in [3.8, 4) is 11.5 Å². The minimum absolute atomic E-state index is 0.353. The number of fused-ring (bicyclic) bond motifs is 3. The van der Waals surface area contributed by atoms with E-state index < -0.39 is 0 Å². The van der Waals surface area contributed by atoms with E-state index in [0.29, 0.717) is 33.0 Å². The van der Waals surface area contributed by atoms with Gasteiger partial charge in [-0.25, -0.2) is 0 Å². The van der Waals surface area contributed by atoms with Gasteiger partial charge < -0.3 is 9.47 Å². The van der Waals surface area contributed by atoms with Gasteiger partial charge >= 0.3 is 0 Å². The molecule has 0 aliphatic rings. The van der Waals surface area contributed by atoms with Gasteiger partial charge in [-0.05, 0) is 47.2 Å². The molecule has 0 amide bonds. The second kappa shape index (κ2) is 5.18. The Labute approximate surface area is 126 Å². The molecule has 0 bridgehead atoms. The molecule has 0 saturated heterocycles. The fourth-order valence-corrected chi connectivity index (χ4v) is 2.58. The van der Waals surface area contributed by atoms with Gasteiger partial charge in [-0.3, -0.25) is 14.2 Å². The van der Waals surface area contributed by atoms with E-state index in [1.54, 1.807) is 36.4 Å². The quantitative estimate of drug-likeness (QED) is 0.726. The molecule has 0 N–H and O–H groups in total. The Morgan fingerprint density at radius 1 is 0.727 bits per heavy atom. The van der Waals surface area contributed by atoms with Gasteiger partial charge in [0.25, 0.3) is 11.1 Å². The first-order chi connectivity index (χ1) is 10.6. The molecule has 0 aliphatic heterocycles. The highest BCUT2D eigenvalue weighted by Crippen LogP contribution is 2.26. The maximum atomic E-state index is 12.6. The number of hydrogen-bond donors (Lipinski definition) is 0. The third kappa shape index (κ3) is 2.02. The molecule has 3 rings (SSSR count). The van der Waals surface area contributed by atoms with Gasteiger partial charge in [-0.15, -0.1) is 0 Å². The molecule has 112 valence electrons. The van der Waals surface area contributed by atoms with Gasteiger partial charge in [0.15, 0.2) is 0 Å². The molecule has 0 radical (unpaired) electrons. The number of aromatic nitrogens is 1. The van der Waals surface area contributed by atoms with Crippen LogP contribution in [0.15, 0.2) is 46.0 Å². The zero-order valence-electron chi connectivity index (χ0n) is 12.5. The topological polar surface area (TPSA) is 57.5 Å². The predicted octanol–water partition coefficient (Wildman–Crippen LogP) is 2.07. The Morgan fingerprint density at radius 2 is 1.14 bits per heavy atom. The number of hydrogen-bond acceptors (Lipinski definition) is 4. The summed E-state index contributed by atoms with van der Waals surface area (Å²) < 4.78 is 11.5. The molecule has 0 saturated carbocycles. The number of benzene rings is 2. The van der Waals surface area contributed by atoms with E-state index >= 15 is 0 Å². The summed E-state index contributed by atoms with van der Waals surface area (Å²) in [6.45, 7) is 0. The van der Waals surface area contributed by atoms with Crippen LogP contribution in [0.3, 0.4) is 0 Å². The zero-order valence-corrected chi connectivity index (χ0v) is 12.5. The van der Waals surface area contributed by atoms with Crippen LogP contribution in [0, 0.1) is 0 Å². The number of ether oxygens (including phenoxy) is 2. The van der Waals surface area contributed by atoms with Crippen molar-refractivity contribution in [1.82, 2.24) is 4.57 Å². The smallest absolute Gasteiger partial charge is 0.261 e. The van der Waals surface area contributed by atoms with Crippen molar-refractivity contribution in [3.05, 3.63) is 57.1 Å². The van der Waals surface area contributed by atoms with Crippen LogP contribution in [0.5, 0.6) is 11.5 Å². The molecular formula is C17H15NO4. The molecule has 0 atom stereocenters. The minimum atomic E-state index is -0.353. The Morgan fingerprint density at radius 3 is 1.50 bits per heavy atom. The summed E-state index contributed by atoms with van der Waals surface area (Å²) in [5.41, 5.74) is -0.705. The van der Waals surface area contributed by atoms with Crippen LogP contribution in [0.4, 0.5) is 0 Å². The van der Waals surface area contributed by atoms with E-state index in [2.05, 4.69) is 0 Å². The highest BCUT2D eigenvalue weighted by molar-refractivity contribution is 6.06. The summed E-state index contributed by atoms with van der Waals surface area (Å²) in [6.07, 6.45) is 0. The first kappa shape index (κ1) is 14.1. The summed E-state index contributed by atoms with van der Waals surface area (Å²) in [4.78, 5) is 25.1. The van der Waals surface area contributed by atoms with E-state index in [1.165, 1.54) is 21.3 Å². The lowest BCUT2D eigenvalue weighted by Gasteiger charge is -2.02. The van der Waals surface area contributed by atoms with Crippen LogP contribution in [-0.2, 0) is 7.05 Å².